The summed E-state index contributed by atoms with van der Waals surface area (Å²) in [7, 11) is 0. The number of amides is 4. The van der Waals surface area contributed by atoms with E-state index in [0.717, 1.165) is 6.20 Å². The fraction of sp³-hybridized carbons (Fsp3) is 0.406. The SMILES string of the molecule is CC(C)(C)NC(=O)[C@@H]1CCCN1C(=O)C(O)[C@H](Cc1ccccc1)NC(=O)[C@@](N)(CC(N)=O)C(=O)c1cnc2ccccc2n1. The molecule has 4 amide bonds. The lowest BCUT2D eigenvalue weighted by molar-refractivity contribution is -0.147. The van der Waals surface area contributed by atoms with Crippen LogP contribution in [0.1, 0.15) is 56.1 Å². The van der Waals surface area contributed by atoms with Gasteiger partial charge in [0.1, 0.15) is 11.7 Å². The number of likely N-dealkylation sites (tertiary alicyclic amines) is 1. The highest BCUT2D eigenvalue weighted by Gasteiger charge is 2.47. The number of nitrogens with zero attached hydrogens (tertiary/aromatic N) is 3. The number of rotatable bonds is 11. The van der Waals surface area contributed by atoms with Gasteiger partial charge in [0, 0.05) is 12.1 Å². The molecule has 3 aromatic rings. The van der Waals surface area contributed by atoms with Crippen LogP contribution in [0.15, 0.2) is 60.8 Å². The van der Waals surface area contributed by atoms with Crippen molar-refractivity contribution in [3.8, 4) is 0 Å². The van der Waals surface area contributed by atoms with E-state index >= 15 is 0 Å². The van der Waals surface area contributed by atoms with Crippen LogP contribution in [-0.2, 0) is 25.6 Å². The van der Waals surface area contributed by atoms with E-state index in [1.807, 2.05) is 20.8 Å². The molecule has 0 radical (unpaired) electrons. The zero-order chi connectivity index (χ0) is 32.9. The molecule has 4 rings (SSSR count). The van der Waals surface area contributed by atoms with Crippen molar-refractivity contribution in [1.29, 1.82) is 0 Å². The molecule has 238 valence electrons. The number of hydrogen-bond acceptors (Lipinski definition) is 9. The molecule has 1 aliphatic rings. The van der Waals surface area contributed by atoms with Gasteiger partial charge in [-0.2, -0.15) is 0 Å². The fourth-order valence-electron chi connectivity index (χ4n) is 5.34. The molecule has 0 saturated carbocycles. The predicted octanol–water partition coefficient (Wildman–Crippen LogP) is 0.380. The minimum atomic E-state index is -2.54. The van der Waals surface area contributed by atoms with Crippen LogP contribution < -0.4 is 22.1 Å². The minimum absolute atomic E-state index is 0.0389. The van der Waals surface area contributed by atoms with Gasteiger partial charge in [0.05, 0.1) is 29.7 Å². The largest absolute Gasteiger partial charge is 0.381 e. The predicted molar refractivity (Wildman–Crippen MR) is 165 cm³/mol. The number of aliphatic hydroxyl groups excluding tert-OH is 1. The number of hydrogen-bond donors (Lipinski definition) is 5. The Kier molecular flexibility index (Phi) is 9.94. The number of Topliss-reactive ketones (excluding diaryl/α,β-unsaturated/α-hetero) is 1. The van der Waals surface area contributed by atoms with Crippen molar-refractivity contribution in [3.05, 3.63) is 72.1 Å². The molecule has 0 bridgehead atoms. The van der Waals surface area contributed by atoms with E-state index in [9.17, 15) is 29.1 Å². The van der Waals surface area contributed by atoms with Gasteiger partial charge in [0.15, 0.2) is 11.6 Å². The van der Waals surface area contributed by atoms with Crippen LogP contribution in [0.3, 0.4) is 0 Å². The number of aliphatic hydroxyl groups is 1. The van der Waals surface area contributed by atoms with Gasteiger partial charge >= 0.3 is 0 Å². The van der Waals surface area contributed by atoms with Gasteiger partial charge in [0.25, 0.3) is 5.91 Å². The van der Waals surface area contributed by atoms with E-state index in [0.29, 0.717) is 29.4 Å². The average Bonchev–Trinajstić information content (AvgIpc) is 3.49. The maximum Gasteiger partial charge on any atom is 0.254 e. The topological polar surface area (TPSA) is 211 Å². The molecule has 2 heterocycles. The summed E-state index contributed by atoms with van der Waals surface area (Å²) < 4.78 is 0. The van der Waals surface area contributed by atoms with Crippen LogP contribution in [0.4, 0.5) is 0 Å². The molecule has 0 aliphatic carbocycles. The Balaban J connectivity index is 1.64. The molecule has 1 aromatic heterocycles. The Morgan fingerprint density at radius 3 is 2.31 bits per heavy atom. The van der Waals surface area contributed by atoms with Crippen molar-refractivity contribution in [2.45, 2.75) is 75.7 Å². The second kappa shape index (κ2) is 13.5. The third kappa shape index (κ3) is 7.86. The number of nitrogens with two attached hydrogens (primary N) is 2. The lowest BCUT2D eigenvalue weighted by Crippen LogP contribution is -2.65. The van der Waals surface area contributed by atoms with Crippen molar-refractivity contribution >= 4 is 40.4 Å². The van der Waals surface area contributed by atoms with Crippen molar-refractivity contribution in [2.75, 3.05) is 6.54 Å². The highest BCUT2D eigenvalue weighted by molar-refractivity contribution is 6.19. The van der Waals surface area contributed by atoms with E-state index < -0.39 is 59.2 Å². The Morgan fingerprint density at radius 1 is 1.02 bits per heavy atom. The van der Waals surface area contributed by atoms with Crippen LogP contribution in [-0.4, -0.2) is 85.2 Å². The molecule has 4 atom stereocenters. The van der Waals surface area contributed by atoms with E-state index in [2.05, 4.69) is 20.6 Å². The van der Waals surface area contributed by atoms with Gasteiger partial charge in [-0.25, -0.2) is 4.98 Å². The molecule has 13 heteroatoms. The van der Waals surface area contributed by atoms with Crippen LogP contribution in [0.25, 0.3) is 11.0 Å². The van der Waals surface area contributed by atoms with Crippen molar-refractivity contribution in [3.63, 3.8) is 0 Å². The van der Waals surface area contributed by atoms with Crippen molar-refractivity contribution in [2.24, 2.45) is 11.5 Å². The van der Waals surface area contributed by atoms with Gasteiger partial charge in [-0.05, 0) is 57.7 Å². The van der Waals surface area contributed by atoms with Crippen LogP contribution in [0, 0.1) is 0 Å². The van der Waals surface area contributed by atoms with Gasteiger partial charge in [-0.3, -0.25) is 29.0 Å². The van der Waals surface area contributed by atoms with Crippen molar-refractivity contribution < 1.29 is 29.1 Å². The molecule has 1 aliphatic heterocycles. The molecular formula is C32H39N7O6. The number of carbonyl (C=O) groups excluding carboxylic acids is 5. The number of fused-ring (bicyclic) bond motifs is 1. The second-order valence-electron chi connectivity index (χ2n) is 12.3. The number of ketones is 1. The average molecular weight is 618 g/mol. The summed E-state index contributed by atoms with van der Waals surface area (Å²) in [6.45, 7) is 5.69. The zero-order valence-electron chi connectivity index (χ0n) is 25.5. The first kappa shape index (κ1) is 33.1. The first-order chi connectivity index (χ1) is 21.2. The van der Waals surface area contributed by atoms with Crippen LogP contribution >= 0.6 is 0 Å². The summed E-state index contributed by atoms with van der Waals surface area (Å²) in [5.74, 6) is -4.32. The standard InChI is InChI=1S/C32H39N7O6/c1-31(2,3)38-28(43)24-14-9-15-39(24)29(44)26(41)22(16-19-10-5-4-6-11-19)37-30(45)32(34,17-25(33)40)27(42)23-18-35-20-12-7-8-13-21(20)36-23/h4-8,10-13,18,22,24,26,41H,9,14-17,34H2,1-3H3,(H2,33,40)(H,37,45)(H,38,43)/t22-,24-,26?,32+/m0/s1. The summed E-state index contributed by atoms with van der Waals surface area (Å²) in [4.78, 5) is 76.1. The number of nitrogens with one attached hydrogen (secondary N) is 2. The van der Waals surface area contributed by atoms with Gasteiger partial charge in [0.2, 0.25) is 23.5 Å². The number of benzene rings is 2. The van der Waals surface area contributed by atoms with Crippen molar-refractivity contribution in [1.82, 2.24) is 25.5 Å². The monoisotopic (exact) mass is 617 g/mol. The molecular weight excluding hydrogens is 578 g/mol. The molecule has 45 heavy (non-hydrogen) atoms. The van der Waals surface area contributed by atoms with Gasteiger partial charge in [-0.15, -0.1) is 0 Å². The Hall–Kier alpha value is -4.75. The number of para-hydroxylation sites is 2. The first-order valence-corrected chi connectivity index (χ1v) is 14.7. The molecule has 7 N–H and O–H groups in total. The number of primary amides is 1. The zero-order valence-corrected chi connectivity index (χ0v) is 25.5. The molecule has 1 fully saturated rings. The van der Waals surface area contributed by atoms with Gasteiger partial charge < -0.3 is 32.1 Å². The minimum Gasteiger partial charge on any atom is -0.381 e. The Labute approximate surface area is 260 Å². The smallest absolute Gasteiger partial charge is 0.254 e. The molecule has 13 nitrogen and oxygen atoms in total. The summed E-state index contributed by atoms with van der Waals surface area (Å²) in [5, 5.41) is 16.8. The van der Waals surface area contributed by atoms with E-state index in [1.54, 1.807) is 54.6 Å². The quantitative estimate of drug-likeness (QED) is 0.148. The lowest BCUT2D eigenvalue weighted by atomic mass is 9.87. The molecule has 1 unspecified atom stereocenters. The van der Waals surface area contributed by atoms with E-state index in [-0.39, 0.29) is 24.6 Å². The van der Waals surface area contributed by atoms with E-state index in [1.165, 1.54) is 4.90 Å². The van der Waals surface area contributed by atoms with E-state index in [4.69, 9.17) is 11.5 Å². The second-order valence-corrected chi connectivity index (χ2v) is 12.3. The maximum atomic E-state index is 13.8. The van der Waals surface area contributed by atoms with Crippen LogP contribution in [0.5, 0.6) is 0 Å². The Morgan fingerprint density at radius 2 is 1.67 bits per heavy atom. The molecule has 0 spiro atoms. The van der Waals surface area contributed by atoms with Gasteiger partial charge in [-0.1, -0.05) is 42.5 Å². The lowest BCUT2D eigenvalue weighted by Gasteiger charge is -2.33. The Bertz CT molecular complexity index is 1590. The first-order valence-electron chi connectivity index (χ1n) is 14.7. The summed E-state index contributed by atoms with van der Waals surface area (Å²) in [6, 6.07) is 13.4. The summed E-state index contributed by atoms with van der Waals surface area (Å²) >= 11 is 0. The highest BCUT2D eigenvalue weighted by Crippen LogP contribution is 2.22. The molecule has 1 saturated heterocycles. The van der Waals surface area contributed by atoms with Crippen LogP contribution in [0.2, 0.25) is 0 Å². The number of aromatic nitrogens is 2. The highest BCUT2D eigenvalue weighted by atomic mass is 16.3. The fourth-order valence-corrected chi connectivity index (χ4v) is 5.34. The normalized spacial score (nSPS) is 17.6. The third-order valence-corrected chi connectivity index (χ3v) is 7.53. The third-order valence-electron chi connectivity index (χ3n) is 7.53. The maximum absolute atomic E-state index is 13.8. The summed E-state index contributed by atoms with van der Waals surface area (Å²) in [6.07, 6.45) is -0.649. The number of carbonyl (C=O) groups is 5. The molecule has 2 aromatic carbocycles. The summed E-state index contributed by atoms with van der Waals surface area (Å²) in [5.41, 5.74) is 9.95.